The molecule has 0 aliphatic carbocycles. The van der Waals surface area contributed by atoms with Gasteiger partial charge in [-0.25, -0.2) is 8.42 Å². The lowest BCUT2D eigenvalue weighted by molar-refractivity contribution is -0.384. The summed E-state index contributed by atoms with van der Waals surface area (Å²) in [5.41, 5.74) is 3.67. The van der Waals surface area contributed by atoms with Gasteiger partial charge in [-0.2, -0.15) is 4.31 Å². The van der Waals surface area contributed by atoms with Crippen molar-refractivity contribution in [1.29, 1.82) is 0 Å². The molecule has 1 aliphatic heterocycles. The maximum atomic E-state index is 14.5. The number of amides is 1. The average Bonchev–Trinajstić information content (AvgIpc) is 3.31. The number of carbonyl (C=O) groups is 1. The Labute approximate surface area is 256 Å². The topological polar surface area (TPSA) is 135 Å². The van der Waals surface area contributed by atoms with E-state index in [0.29, 0.717) is 5.69 Å². The number of hydrogen-bond acceptors (Lipinski definition) is 7. The molecule has 1 aromatic heterocycles. The van der Waals surface area contributed by atoms with Crippen molar-refractivity contribution < 1.29 is 28.0 Å². The molecular weight excluding hydrogens is 584 g/mol. The molecule has 1 N–H and O–H groups in total. The van der Waals surface area contributed by atoms with Crippen LogP contribution in [-0.4, -0.2) is 77.0 Å². The Kier molecular flexibility index (Phi) is 8.89. The highest BCUT2D eigenvalue weighted by Crippen LogP contribution is 2.38. The number of ether oxygens (including phenoxy) is 1. The summed E-state index contributed by atoms with van der Waals surface area (Å²) in [6, 6.07) is 19.8. The van der Waals surface area contributed by atoms with Crippen LogP contribution in [0.2, 0.25) is 0 Å². The number of aromatic nitrogens is 1. The molecule has 232 valence electrons. The Balaban J connectivity index is 1.57. The van der Waals surface area contributed by atoms with E-state index in [2.05, 4.69) is 0 Å². The number of nitro groups is 1. The first-order valence-electron chi connectivity index (χ1n) is 14.4. The summed E-state index contributed by atoms with van der Waals surface area (Å²) < 4.78 is 36.5. The Bertz CT molecular complexity index is 1800. The third-order valence-corrected chi connectivity index (χ3v) is 10.3. The van der Waals surface area contributed by atoms with Gasteiger partial charge in [0.1, 0.15) is 5.69 Å². The number of aliphatic hydroxyl groups excluding tert-OH is 1. The van der Waals surface area contributed by atoms with Crippen LogP contribution in [-0.2, 0) is 28.4 Å². The molecule has 0 fully saturated rings. The predicted octanol–water partition coefficient (Wildman–Crippen LogP) is 4.43. The van der Waals surface area contributed by atoms with Crippen LogP contribution in [0.25, 0.3) is 22.0 Å². The monoisotopic (exact) mass is 620 g/mol. The zero-order valence-electron chi connectivity index (χ0n) is 25.1. The molecule has 0 radical (unpaired) electrons. The molecule has 0 saturated heterocycles. The number of likely N-dealkylation sites (N-methyl/N-ethyl adjacent to an activating group) is 1. The van der Waals surface area contributed by atoms with Crippen molar-refractivity contribution in [3.63, 3.8) is 0 Å². The van der Waals surface area contributed by atoms with E-state index in [9.17, 15) is 28.4 Å². The summed E-state index contributed by atoms with van der Waals surface area (Å²) in [6.45, 7) is 3.76. The molecule has 0 unspecified atom stereocenters. The Morgan fingerprint density at radius 1 is 1.09 bits per heavy atom. The molecule has 1 amide bonds. The highest BCUT2D eigenvalue weighted by Gasteiger charge is 2.35. The first kappa shape index (κ1) is 31.3. The summed E-state index contributed by atoms with van der Waals surface area (Å²) in [5.74, 6) is -0.583. The quantitative estimate of drug-likeness (QED) is 0.239. The molecule has 0 bridgehead atoms. The van der Waals surface area contributed by atoms with Gasteiger partial charge in [0.25, 0.3) is 11.6 Å². The van der Waals surface area contributed by atoms with Crippen LogP contribution in [0.3, 0.4) is 0 Å². The molecule has 0 spiro atoms. The van der Waals surface area contributed by atoms with Gasteiger partial charge in [-0.1, -0.05) is 49.4 Å². The highest BCUT2D eigenvalue weighted by molar-refractivity contribution is 7.89. The van der Waals surface area contributed by atoms with Crippen LogP contribution in [0.4, 0.5) is 5.69 Å². The van der Waals surface area contributed by atoms with Crippen molar-refractivity contribution in [2.75, 3.05) is 26.7 Å². The van der Waals surface area contributed by atoms with Gasteiger partial charge >= 0.3 is 0 Å². The fourth-order valence-electron chi connectivity index (χ4n) is 5.80. The average molecular weight is 621 g/mol. The number of hydrogen-bond donors (Lipinski definition) is 1. The van der Waals surface area contributed by atoms with Crippen molar-refractivity contribution >= 4 is 32.5 Å². The number of para-hydroxylation sites is 1. The molecule has 1 aliphatic rings. The SMILES string of the molecule is C[C@H](CO)N1C[C@H](C)[C@@H](CN(C)S(=O)(=O)c2ccc([N+](=O)[O-])cc2)OCc2ccccc2-c2c(n(C)c3ccccc23)C1=O. The summed E-state index contributed by atoms with van der Waals surface area (Å²) in [4.78, 5) is 26.5. The normalized spacial score (nSPS) is 18.5. The number of non-ortho nitro benzene ring substituents is 1. The van der Waals surface area contributed by atoms with Crippen molar-refractivity contribution in [2.45, 2.75) is 37.5 Å². The van der Waals surface area contributed by atoms with Gasteiger partial charge in [-0.15, -0.1) is 0 Å². The van der Waals surface area contributed by atoms with E-state index >= 15 is 0 Å². The van der Waals surface area contributed by atoms with E-state index in [0.717, 1.165) is 39.7 Å². The second-order valence-corrected chi connectivity index (χ2v) is 13.4. The number of fused-ring (bicyclic) bond motifs is 5. The molecule has 5 rings (SSSR count). The molecule has 12 heteroatoms. The first-order chi connectivity index (χ1) is 20.9. The first-order valence-corrected chi connectivity index (χ1v) is 15.8. The van der Waals surface area contributed by atoms with Gasteiger partial charge in [0.05, 0.1) is 35.2 Å². The van der Waals surface area contributed by atoms with Crippen LogP contribution in [0.5, 0.6) is 0 Å². The maximum Gasteiger partial charge on any atom is 0.271 e. The summed E-state index contributed by atoms with van der Waals surface area (Å²) in [5, 5.41) is 22.2. The molecule has 11 nitrogen and oxygen atoms in total. The smallest absolute Gasteiger partial charge is 0.271 e. The number of aliphatic hydroxyl groups is 1. The summed E-state index contributed by atoms with van der Waals surface area (Å²) in [7, 11) is -0.710. The molecule has 4 aromatic rings. The second kappa shape index (κ2) is 12.5. The molecule has 3 aromatic carbocycles. The zero-order valence-corrected chi connectivity index (χ0v) is 25.9. The third-order valence-electron chi connectivity index (χ3n) is 8.42. The third kappa shape index (κ3) is 5.73. The lowest BCUT2D eigenvalue weighted by Crippen LogP contribution is -2.48. The number of benzene rings is 3. The minimum absolute atomic E-state index is 0.0337. The fraction of sp³-hybridized carbons (Fsp3) is 0.344. The van der Waals surface area contributed by atoms with E-state index in [1.165, 1.54) is 23.5 Å². The lowest BCUT2D eigenvalue weighted by Gasteiger charge is -2.35. The van der Waals surface area contributed by atoms with Gasteiger partial charge < -0.3 is 19.3 Å². The van der Waals surface area contributed by atoms with E-state index in [1.54, 1.807) is 11.8 Å². The van der Waals surface area contributed by atoms with Crippen LogP contribution < -0.4 is 0 Å². The molecule has 44 heavy (non-hydrogen) atoms. The largest absolute Gasteiger partial charge is 0.394 e. The van der Waals surface area contributed by atoms with Gasteiger partial charge in [0.15, 0.2) is 0 Å². The van der Waals surface area contributed by atoms with Gasteiger partial charge in [0.2, 0.25) is 10.0 Å². The summed E-state index contributed by atoms with van der Waals surface area (Å²) >= 11 is 0. The van der Waals surface area contributed by atoms with Crippen LogP contribution in [0, 0.1) is 16.0 Å². The fourth-order valence-corrected chi connectivity index (χ4v) is 6.98. The Morgan fingerprint density at radius 2 is 1.75 bits per heavy atom. The molecule has 2 heterocycles. The van der Waals surface area contributed by atoms with Gasteiger partial charge in [0, 0.05) is 61.7 Å². The number of nitro benzene ring substituents is 1. The van der Waals surface area contributed by atoms with Crippen LogP contribution in [0.15, 0.2) is 77.7 Å². The standard InChI is InChI=1S/C32H36N4O7S/c1-21-17-35(22(2)19-37)32(38)31-30(27-11-7-8-12-28(27)34(31)4)26-10-6-5-9-23(26)20-43-29(21)18-33(3)44(41,42)25-15-13-24(14-16-25)36(39)40/h5-16,21-22,29,37H,17-20H2,1-4H3/t21-,22+,29+/m0/s1. The Morgan fingerprint density at radius 3 is 2.43 bits per heavy atom. The van der Waals surface area contributed by atoms with E-state index in [-0.39, 0.29) is 48.7 Å². The number of rotatable bonds is 7. The number of carbonyl (C=O) groups excluding carboxylic acids is 1. The molecule has 0 saturated carbocycles. The summed E-state index contributed by atoms with van der Waals surface area (Å²) in [6.07, 6.45) is -0.639. The van der Waals surface area contributed by atoms with E-state index < -0.39 is 27.1 Å². The molecule has 3 atom stereocenters. The van der Waals surface area contributed by atoms with Crippen molar-refractivity contribution in [3.05, 3.63) is 94.2 Å². The van der Waals surface area contributed by atoms with E-state index in [1.807, 2.05) is 67.1 Å². The maximum absolute atomic E-state index is 14.5. The Hall–Kier alpha value is -4.10. The van der Waals surface area contributed by atoms with Gasteiger partial charge in [-0.3, -0.25) is 14.9 Å². The van der Waals surface area contributed by atoms with E-state index in [4.69, 9.17) is 4.74 Å². The lowest BCUT2D eigenvalue weighted by atomic mass is 9.96. The predicted molar refractivity (Wildman–Crippen MR) is 167 cm³/mol. The minimum Gasteiger partial charge on any atom is -0.394 e. The van der Waals surface area contributed by atoms with Crippen LogP contribution >= 0.6 is 0 Å². The number of nitrogens with zero attached hydrogens (tertiary/aromatic N) is 4. The van der Waals surface area contributed by atoms with Crippen molar-refractivity contribution in [1.82, 2.24) is 13.8 Å². The number of aryl methyl sites for hydroxylation is 1. The number of sulfonamides is 1. The minimum atomic E-state index is -4.01. The second-order valence-electron chi connectivity index (χ2n) is 11.3. The van der Waals surface area contributed by atoms with Gasteiger partial charge in [-0.05, 0) is 36.2 Å². The van der Waals surface area contributed by atoms with Crippen LogP contribution in [0.1, 0.15) is 29.9 Å². The molecular formula is C32H36N4O7S. The zero-order chi connectivity index (χ0) is 31.8. The van der Waals surface area contributed by atoms with Crippen molar-refractivity contribution in [2.24, 2.45) is 13.0 Å². The van der Waals surface area contributed by atoms with Crippen molar-refractivity contribution in [3.8, 4) is 11.1 Å². The highest BCUT2D eigenvalue weighted by atomic mass is 32.2.